The summed E-state index contributed by atoms with van der Waals surface area (Å²) in [6.07, 6.45) is -2.37. The van der Waals surface area contributed by atoms with Crippen LogP contribution in [0.4, 0.5) is 19.0 Å². The smallest absolute Gasteiger partial charge is 0.361 e. The Balaban J connectivity index is 1.57. The van der Waals surface area contributed by atoms with E-state index in [2.05, 4.69) is 15.7 Å². The topological polar surface area (TPSA) is 59.0 Å². The minimum Gasteiger partial charge on any atom is -0.361 e. The highest BCUT2D eigenvalue weighted by molar-refractivity contribution is 5.99. The summed E-state index contributed by atoms with van der Waals surface area (Å²) in [4.78, 5) is 13.2. The van der Waals surface area contributed by atoms with E-state index in [9.17, 15) is 18.0 Å². The highest BCUT2D eigenvalue weighted by Gasteiger charge is 2.36. The second kappa shape index (κ2) is 8.00. The number of fused-ring (bicyclic) bond motifs is 1. The summed E-state index contributed by atoms with van der Waals surface area (Å²) in [6.45, 7) is 5.72. The van der Waals surface area contributed by atoms with E-state index in [1.165, 1.54) is 18.3 Å². The van der Waals surface area contributed by atoms with Gasteiger partial charge in [0.2, 0.25) is 0 Å². The molecule has 1 amide bonds. The van der Waals surface area contributed by atoms with Crippen molar-refractivity contribution in [3.63, 3.8) is 0 Å². The second-order valence-electron chi connectivity index (χ2n) is 8.34. The van der Waals surface area contributed by atoms with Crippen molar-refractivity contribution in [2.75, 3.05) is 5.32 Å². The summed E-state index contributed by atoms with van der Waals surface area (Å²) < 4.78 is 40.6. The molecule has 3 atom stereocenters. The highest BCUT2D eigenvalue weighted by Crippen LogP contribution is 2.40. The van der Waals surface area contributed by atoms with Crippen molar-refractivity contribution in [3.8, 4) is 0 Å². The van der Waals surface area contributed by atoms with E-state index in [0.29, 0.717) is 23.4 Å². The minimum atomic E-state index is -4.40. The van der Waals surface area contributed by atoms with Gasteiger partial charge in [-0.1, -0.05) is 49.4 Å². The van der Waals surface area contributed by atoms with Gasteiger partial charge in [0.05, 0.1) is 29.4 Å². The maximum absolute atomic E-state index is 13.2. The monoisotopic (exact) mass is 442 g/mol. The first-order chi connectivity index (χ1) is 15.1. The van der Waals surface area contributed by atoms with Crippen LogP contribution >= 0.6 is 0 Å². The Kier molecular flexibility index (Phi) is 5.48. The molecule has 1 aromatic heterocycles. The predicted octanol–water partition coefficient (Wildman–Crippen LogP) is 5.68. The number of alkyl halides is 3. The van der Waals surface area contributed by atoms with Crippen molar-refractivity contribution in [1.29, 1.82) is 0 Å². The Morgan fingerprint density at radius 1 is 1.09 bits per heavy atom. The lowest BCUT2D eigenvalue weighted by Crippen LogP contribution is -2.43. The Hall–Kier alpha value is -3.29. The molecule has 0 bridgehead atoms. The molecule has 3 unspecified atom stereocenters. The van der Waals surface area contributed by atoms with Crippen molar-refractivity contribution < 1.29 is 18.0 Å². The van der Waals surface area contributed by atoms with E-state index >= 15 is 0 Å². The van der Waals surface area contributed by atoms with Gasteiger partial charge >= 0.3 is 6.18 Å². The van der Waals surface area contributed by atoms with E-state index in [0.717, 1.165) is 17.7 Å². The summed E-state index contributed by atoms with van der Waals surface area (Å²) >= 11 is 0. The lowest BCUT2D eigenvalue weighted by atomic mass is 9.88. The molecule has 168 valence electrons. The number of hydrogen-bond acceptors (Lipinski definition) is 3. The SMILES string of the molecule is CCC(C)(NC(=O)c1cnn2c1NC(c1ccccc1)C2C)c1ccc(C(F)(F)F)cc1. The van der Waals surface area contributed by atoms with E-state index in [1.54, 1.807) is 11.6 Å². The van der Waals surface area contributed by atoms with Gasteiger partial charge in [0.1, 0.15) is 11.4 Å². The zero-order chi connectivity index (χ0) is 23.1. The van der Waals surface area contributed by atoms with Crippen LogP contribution in [0.5, 0.6) is 0 Å². The predicted molar refractivity (Wildman–Crippen MR) is 116 cm³/mol. The third-order valence-electron chi connectivity index (χ3n) is 6.31. The van der Waals surface area contributed by atoms with Crippen LogP contribution in [0.15, 0.2) is 60.8 Å². The first-order valence-corrected chi connectivity index (χ1v) is 10.5. The molecule has 2 aromatic carbocycles. The van der Waals surface area contributed by atoms with Crippen molar-refractivity contribution in [2.45, 2.75) is 51.0 Å². The summed E-state index contributed by atoms with van der Waals surface area (Å²) in [7, 11) is 0. The molecular weight excluding hydrogens is 417 g/mol. The number of anilines is 1. The van der Waals surface area contributed by atoms with Crippen LogP contribution in [0.25, 0.3) is 0 Å². The quantitative estimate of drug-likeness (QED) is 0.534. The Morgan fingerprint density at radius 2 is 1.72 bits per heavy atom. The lowest BCUT2D eigenvalue weighted by Gasteiger charge is -2.30. The molecule has 1 aliphatic heterocycles. The molecule has 2 heterocycles. The third-order valence-corrected chi connectivity index (χ3v) is 6.31. The largest absolute Gasteiger partial charge is 0.416 e. The number of nitrogens with zero attached hydrogens (tertiary/aromatic N) is 2. The zero-order valence-electron chi connectivity index (χ0n) is 18.1. The van der Waals surface area contributed by atoms with Crippen LogP contribution in [-0.2, 0) is 11.7 Å². The Labute approximate surface area is 184 Å². The fraction of sp³-hybridized carbons (Fsp3) is 0.333. The standard InChI is InChI=1S/C24H25F3N4O/c1-4-23(3,17-10-12-18(13-11-17)24(25,26)27)30-22(32)19-14-28-31-15(2)20(29-21(19)31)16-8-6-5-7-9-16/h5-15,20,29H,4H2,1-3H3,(H,30,32). The van der Waals surface area contributed by atoms with Crippen molar-refractivity contribution in [2.24, 2.45) is 0 Å². The second-order valence-corrected chi connectivity index (χ2v) is 8.34. The maximum atomic E-state index is 13.2. The number of carbonyl (C=O) groups is 1. The molecular formula is C24H25F3N4O. The van der Waals surface area contributed by atoms with Crippen molar-refractivity contribution in [1.82, 2.24) is 15.1 Å². The number of carbonyl (C=O) groups excluding carboxylic acids is 1. The van der Waals surface area contributed by atoms with Gasteiger partial charge in [0.15, 0.2) is 0 Å². The van der Waals surface area contributed by atoms with Gasteiger partial charge < -0.3 is 10.6 Å². The van der Waals surface area contributed by atoms with Crippen molar-refractivity contribution in [3.05, 3.63) is 83.0 Å². The molecule has 0 aliphatic carbocycles. The van der Waals surface area contributed by atoms with Gasteiger partial charge in [-0.05, 0) is 43.5 Å². The number of halogens is 3. The van der Waals surface area contributed by atoms with Crippen LogP contribution in [0.2, 0.25) is 0 Å². The van der Waals surface area contributed by atoms with Gasteiger partial charge in [0, 0.05) is 0 Å². The van der Waals surface area contributed by atoms with E-state index in [1.807, 2.05) is 44.2 Å². The summed E-state index contributed by atoms with van der Waals surface area (Å²) in [5, 5.41) is 10.8. The number of amides is 1. The van der Waals surface area contributed by atoms with E-state index in [4.69, 9.17) is 0 Å². The molecule has 2 N–H and O–H groups in total. The number of hydrogen-bond donors (Lipinski definition) is 2. The normalized spacial score (nSPS) is 19.7. The molecule has 0 saturated heterocycles. The molecule has 0 spiro atoms. The highest BCUT2D eigenvalue weighted by atomic mass is 19.4. The molecule has 3 aromatic rings. The first-order valence-electron chi connectivity index (χ1n) is 10.5. The average molecular weight is 442 g/mol. The minimum absolute atomic E-state index is 0.0149. The molecule has 5 nitrogen and oxygen atoms in total. The van der Waals surface area contributed by atoms with Gasteiger partial charge in [0.25, 0.3) is 5.91 Å². The third kappa shape index (κ3) is 3.85. The molecule has 4 rings (SSSR count). The van der Waals surface area contributed by atoms with Gasteiger partial charge in [-0.25, -0.2) is 4.68 Å². The molecule has 8 heteroatoms. The van der Waals surface area contributed by atoms with Crippen LogP contribution in [0, 0.1) is 0 Å². The van der Waals surface area contributed by atoms with Crippen molar-refractivity contribution >= 4 is 11.7 Å². The number of aromatic nitrogens is 2. The lowest BCUT2D eigenvalue weighted by molar-refractivity contribution is -0.137. The van der Waals surface area contributed by atoms with Crippen LogP contribution in [0.3, 0.4) is 0 Å². The fourth-order valence-corrected chi connectivity index (χ4v) is 4.12. The van der Waals surface area contributed by atoms with Crippen LogP contribution in [-0.4, -0.2) is 15.7 Å². The number of benzene rings is 2. The summed E-state index contributed by atoms with van der Waals surface area (Å²) in [5.41, 5.74) is 0.556. The van der Waals surface area contributed by atoms with Crippen LogP contribution in [0.1, 0.15) is 66.3 Å². The summed E-state index contributed by atoms with van der Waals surface area (Å²) in [5.74, 6) is 0.304. The molecule has 32 heavy (non-hydrogen) atoms. The first kappa shape index (κ1) is 21.9. The summed E-state index contributed by atoms with van der Waals surface area (Å²) in [6, 6.07) is 14.9. The molecule has 0 saturated carbocycles. The number of rotatable bonds is 5. The van der Waals surface area contributed by atoms with Crippen LogP contribution < -0.4 is 10.6 Å². The van der Waals surface area contributed by atoms with Gasteiger partial charge in [-0.15, -0.1) is 0 Å². The van der Waals surface area contributed by atoms with Gasteiger partial charge in [-0.3, -0.25) is 4.79 Å². The maximum Gasteiger partial charge on any atom is 0.416 e. The van der Waals surface area contributed by atoms with E-state index < -0.39 is 17.3 Å². The number of nitrogens with one attached hydrogen (secondary N) is 2. The average Bonchev–Trinajstić information content (AvgIpc) is 3.34. The molecule has 0 fully saturated rings. The Morgan fingerprint density at radius 3 is 2.31 bits per heavy atom. The molecule has 0 radical (unpaired) electrons. The van der Waals surface area contributed by atoms with Gasteiger partial charge in [-0.2, -0.15) is 18.3 Å². The molecule has 1 aliphatic rings. The zero-order valence-corrected chi connectivity index (χ0v) is 18.1. The Bertz CT molecular complexity index is 1110. The van der Waals surface area contributed by atoms with E-state index in [-0.39, 0.29) is 18.0 Å². The fourth-order valence-electron chi connectivity index (χ4n) is 4.12.